The number of non-ortho nitro benzene ring substituents is 1. The van der Waals surface area contributed by atoms with Crippen LogP contribution in [0.4, 0.5) is 10.7 Å². The number of nitro groups is 1. The number of hydrogen-bond acceptors (Lipinski definition) is 6. The molecule has 1 aromatic heterocycles. The van der Waals surface area contributed by atoms with Crippen LogP contribution in [0.2, 0.25) is 0 Å². The molecule has 1 heterocycles. The van der Waals surface area contributed by atoms with Gasteiger partial charge in [-0.25, -0.2) is 4.79 Å². The molecule has 0 atom stereocenters. The Morgan fingerprint density at radius 2 is 1.74 bits per heavy atom. The Labute approximate surface area is 183 Å². The van der Waals surface area contributed by atoms with Crippen LogP contribution >= 0.6 is 11.3 Å². The lowest BCUT2D eigenvalue weighted by molar-refractivity contribution is -0.384. The van der Waals surface area contributed by atoms with Crippen molar-refractivity contribution in [3.05, 3.63) is 79.7 Å². The van der Waals surface area contributed by atoms with E-state index in [1.165, 1.54) is 23.5 Å². The van der Waals surface area contributed by atoms with Crippen molar-refractivity contribution < 1.29 is 19.2 Å². The van der Waals surface area contributed by atoms with Crippen molar-refractivity contribution in [2.75, 3.05) is 11.9 Å². The topological polar surface area (TPSA) is 98.5 Å². The van der Waals surface area contributed by atoms with Gasteiger partial charge in [-0.1, -0.05) is 6.07 Å². The van der Waals surface area contributed by atoms with Gasteiger partial charge in [0.1, 0.15) is 10.6 Å². The molecule has 8 heteroatoms. The third-order valence-corrected chi connectivity index (χ3v) is 5.95. The highest BCUT2D eigenvalue weighted by Crippen LogP contribution is 2.41. The zero-order valence-electron chi connectivity index (χ0n) is 17.6. The van der Waals surface area contributed by atoms with Gasteiger partial charge in [0, 0.05) is 28.1 Å². The van der Waals surface area contributed by atoms with E-state index in [9.17, 15) is 19.7 Å². The van der Waals surface area contributed by atoms with Crippen LogP contribution in [-0.4, -0.2) is 23.4 Å². The van der Waals surface area contributed by atoms with Crippen LogP contribution in [0.1, 0.15) is 43.6 Å². The predicted molar refractivity (Wildman–Crippen MR) is 121 cm³/mol. The van der Waals surface area contributed by atoms with Crippen LogP contribution in [0, 0.1) is 30.9 Å². The summed E-state index contributed by atoms with van der Waals surface area (Å²) in [5.41, 5.74) is 3.99. The number of anilines is 1. The molecule has 3 rings (SSSR count). The molecule has 0 spiro atoms. The molecule has 0 saturated heterocycles. The lowest BCUT2D eigenvalue weighted by Crippen LogP contribution is -2.15. The summed E-state index contributed by atoms with van der Waals surface area (Å²) in [6, 6.07) is 11.4. The molecule has 0 aliphatic heterocycles. The van der Waals surface area contributed by atoms with Crippen LogP contribution in [0.5, 0.6) is 0 Å². The zero-order chi connectivity index (χ0) is 22.7. The summed E-state index contributed by atoms with van der Waals surface area (Å²) in [7, 11) is 0. The molecule has 2 aromatic carbocycles. The minimum absolute atomic E-state index is 0.0439. The molecule has 0 aliphatic rings. The third kappa shape index (κ3) is 4.64. The van der Waals surface area contributed by atoms with Gasteiger partial charge in [0.25, 0.3) is 11.6 Å². The number of benzene rings is 2. The number of esters is 1. The third-order valence-electron chi connectivity index (χ3n) is 4.93. The highest BCUT2D eigenvalue weighted by molar-refractivity contribution is 7.17. The van der Waals surface area contributed by atoms with E-state index in [1.807, 2.05) is 26.8 Å². The normalized spacial score (nSPS) is 10.6. The van der Waals surface area contributed by atoms with Gasteiger partial charge in [0.2, 0.25) is 0 Å². The molecule has 1 amide bonds. The van der Waals surface area contributed by atoms with E-state index in [4.69, 9.17) is 4.74 Å². The highest BCUT2D eigenvalue weighted by atomic mass is 32.1. The minimum Gasteiger partial charge on any atom is -0.462 e. The van der Waals surface area contributed by atoms with Gasteiger partial charge >= 0.3 is 5.97 Å². The number of hydrogen-bond donors (Lipinski definition) is 1. The summed E-state index contributed by atoms with van der Waals surface area (Å²) in [5, 5.41) is 14.2. The Bertz CT molecular complexity index is 1170. The van der Waals surface area contributed by atoms with Gasteiger partial charge in [-0.15, -0.1) is 11.3 Å². The van der Waals surface area contributed by atoms with Gasteiger partial charge < -0.3 is 10.1 Å². The first-order valence-corrected chi connectivity index (χ1v) is 10.5. The second kappa shape index (κ2) is 9.09. The van der Waals surface area contributed by atoms with E-state index in [0.717, 1.165) is 16.0 Å². The van der Waals surface area contributed by atoms with E-state index in [-0.39, 0.29) is 23.8 Å². The number of nitrogens with zero attached hydrogens (tertiary/aromatic N) is 1. The van der Waals surface area contributed by atoms with Crippen LogP contribution in [0.3, 0.4) is 0 Å². The SMILES string of the molecule is CCOC(=O)c1c(NC(=O)c2ccc(C)c(C)c2)sc(C)c1-c1ccc([N+](=O)[O-])cc1. The lowest BCUT2D eigenvalue weighted by atomic mass is 10.0. The van der Waals surface area contributed by atoms with Gasteiger partial charge in [0.15, 0.2) is 0 Å². The molecular weight excluding hydrogens is 416 g/mol. The van der Waals surface area contributed by atoms with Crippen LogP contribution in [0.15, 0.2) is 42.5 Å². The first kappa shape index (κ1) is 22.2. The molecular formula is C23H22N2O5S. The fraction of sp³-hybridized carbons (Fsp3) is 0.217. The smallest absolute Gasteiger partial charge is 0.341 e. The Morgan fingerprint density at radius 1 is 1.06 bits per heavy atom. The molecule has 7 nitrogen and oxygen atoms in total. The van der Waals surface area contributed by atoms with Crippen molar-refractivity contribution in [1.29, 1.82) is 0 Å². The maximum absolute atomic E-state index is 12.9. The highest BCUT2D eigenvalue weighted by Gasteiger charge is 2.26. The number of nitrogens with one attached hydrogen (secondary N) is 1. The standard InChI is InChI=1S/C23H22N2O5S/c1-5-30-23(27)20-19(16-8-10-18(11-9-16)25(28)29)15(4)31-22(20)24-21(26)17-7-6-13(2)14(3)12-17/h6-12H,5H2,1-4H3,(H,24,26). The number of carbonyl (C=O) groups excluding carboxylic acids is 2. The number of amides is 1. The number of carbonyl (C=O) groups is 2. The minimum atomic E-state index is -0.560. The molecule has 160 valence electrons. The molecule has 1 N–H and O–H groups in total. The quantitative estimate of drug-likeness (QED) is 0.303. The van der Waals surface area contributed by atoms with Gasteiger partial charge in [-0.3, -0.25) is 14.9 Å². The number of ether oxygens (including phenoxy) is 1. The van der Waals surface area contributed by atoms with Crippen LogP contribution < -0.4 is 5.32 Å². The monoisotopic (exact) mass is 438 g/mol. The fourth-order valence-corrected chi connectivity index (χ4v) is 4.25. The second-order valence-corrected chi connectivity index (χ2v) is 8.24. The first-order chi connectivity index (χ1) is 14.7. The molecule has 0 bridgehead atoms. The van der Waals surface area contributed by atoms with Crippen molar-refractivity contribution >= 4 is 33.9 Å². The number of rotatable bonds is 6. The Balaban J connectivity index is 2.05. The van der Waals surface area contributed by atoms with E-state index in [0.29, 0.717) is 21.7 Å². The van der Waals surface area contributed by atoms with Crippen LogP contribution in [0.25, 0.3) is 11.1 Å². The van der Waals surface area contributed by atoms with Crippen molar-refractivity contribution in [3.8, 4) is 11.1 Å². The Kier molecular flexibility index (Phi) is 6.50. The van der Waals surface area contributed by atoms with E-state index in [1.54, 1.807) is 31.2 Å². The van der Waals surface area contributed by atoms with E-state index in [2.05, 4.69) is 5.32 Å². The van der Waals surface area contributed by atoms with Crippen molar-refractivity contribution in [2.45, 2.75) is 27.7 Å². The molecule has 0 fully saturated rings. The first-order valence-electron chi connectivity index (χ1n) is 9.66. The van der Waals surface area contributed by atoms with Crippen molar-refractivity contribution in [2.24, 2.45) is 0 Å². The van der Waals surface area contributed by atoms with E-state index < -0.39 is 10.9 Å². The second-order valence-electron chi connectivity index (χ2n) is 7.01. The number of aryl methyl sites for hydroxylation is 3. The predicted octanol–water partition coefficient (Wildman–Crippen LogP) is 5.68. The molecule has 0 saturated carbocycles. The summed E-state index contributed by atoms with van der Waals surface area (Å²) < 4.78 is 5.24. The van der Waals surface area contributed by atoms with Gasteiger partial charge in [0.05, 0.1) is 11.5 Å². The lowest BCUT2D eigenvalue weighted by Gasteiger charge is -2.10. The van der Waals surface area contributed by atoms with Gasteiger partial charge in [-0.05, 0) is 68.7 Å². The molecule has 0 unspecified atom stereocenters. The molecule has 3 aromatic rings. The maximum Gasteiger partial charge on any atom is 0.341 e. The zero-order valence-corrected chi connectivity index (χ0v) is 18.5. The molecule has 31 heavy (non-hydrogen) atoms. The summed E-state index contributed by atoms with van der Waals surface area (Å²) in [4.78, 5) is 36.9. The summed E-state index contributed by atoms with van der Waals surface area (Å²) in [6.07, 6.45) is 0. The number of thiophene rings is 1. The summed E-state index contributed by atoms with van der Waals surface area (Å²) in [5.74, 6) is -0.888. The van der Waals surface area contributed by atoms with E-state index >= 15 is 0 Å². The summed E-state index contributed by atoms with van der Waals surface area (Å²) >= 11 is 1.26. The van der Waals surface area contributed by atoms with Crippen LogP contribution in [-0.2, 0) is 4.74 Å². The van der Waals surface area contributed by atoms with Crippen molar-refractivity contribution in [3.63, 3.8) is 0 Å². The van der Waals surface area contributed by atoms with Crippen molar-refractivity contribution in [1.82, 2.24) is 0 Å². The molecule has 0 aliphatic carbocycles. The maximum atomic E-state index is 12.9. The summed E-state index contributed by atoms with van der Waals surface area (Å²) in [6.45, 7) is 7.61. The average Bonchev–Trinajstić information content (AvgIpc) is 3.05. The molecule has 0 radical (unpaired) electrons. The number of nitro benzene ring substituents is 1. The Hall–Kier alpha value is -3.52. The largest absolute Gasteiger partial charge is 0.462 e. The fourth-order valence-electron chi connectivity index (χ4n) is 3.19. The Morgan fingerprint density at radius 3 is 2.32 bits per heavy atom. The van der Waals surface area contributed by atoms with Gasteiger partial charge in [-0.2, -0.15) is 0 Å². The average molecular weight is 439 g/mol.